The molecule has 5 nitrogen and oxygen atoms in total. The van der Waals surface area contributed by atoms with Crippen LogP contribution in [0.5, 0.6) is 0 Å². The first kappa shape index (κ1) is 18.1. The highest BCUT2D eigenvalue weighted by molar-refractivity contribution is 5.90. The number of rotatable bonds is 6. The Labute approximate surface area is 154 Å². The van der Waals surface area contributed by atoms with Crippen LogP contribution in [-0.4, -0.2) is 37.1 Å². The summed E-state index contributed by atoms with van der Waals surface area (Å²) in [5, 5.41) is 11.7. The minimum absolute atomic E-state index is 0.00436. The molecule has 26 heavy (non-hydrogen) atoms. The van der Waals surface area contributed by atoms with E-state index in [2.05, 4.69) is 28.4 Å². The van der Waals surface area contributed by atoms with Crippen molar-refractivity contribution < 1.29 is 9.53 Å². The molecule has 1 heterocycles. The predicted octanol–water partition coefficient (Wildman–Crippen LogP) is 2.96. The van der Waals surface area contributed by atoms with E-state index in [9.17, 15) is 4.79 Å². The summed E-state index contributed by atoms with van der Waals surface area (Å²) in [5.74, 6) is -0.00436. The van der Waals surface area contributed by atoms with Gasteiger partial charge in [-0.15, -0.1) is 0 Å². The molecule has 0 aromatic heterocycles. The van der Waals surface area contributed by atoms with E-state index < -0.39 is 0 Å². The fourth-order valence-corrected chi connectivity index (χ4v) is 2.94. The number of morpholine rings is 1. The molecule has 1 N–H and O–H groups in total. The summed E-state index contributed by atoms with van der Waals surface area (Å²) < 4.78 is 5.36. The molecule has 1 saturated heterocycles. The van der Waals surface area contributed by atoms with Gasteiger partial charge in [0.2, 0.25) is 5.91 Å². The third kappa shape index (κ3) is 5.41. The zero-order chi connectivity index (χ0) is 18.2. The van der Waals surface area contributed by atoms with Gasteiger partial charge in [-0.1, -0.05) is 24.3 Å². The van der Waals surface area contributed by atoms with Crippen LogP contribution < -0.4 is 5.32 Å². The van der Waals surface area contributed by atoms with Crippen LogP contribution in [0.4, 0.5) is 5.69 Å². The lowest BCUT2D eigenvalue weighted by Crippen LogP contribution is -2.35. The van der Waals surface area contributed by atoms with Gasteiger partial charge in [0.25, 0.3) is 0 Å². The highest BCUT2D eigenvalue weighted by atomic mass is 16.5. The molecule has 1 fully saturated rings. The van der Waals surface area contributed by atoms with Gasteiger partial charge in [-0.05, 0) is 41.8 Å². The first-order valence-electron chi connectivity index (χ1n) is 8.91. The van der Waals surface area contributed by atoms with Gasteiger partial charge in [-0.2, -0.15) is 5.26 Å². The second-order valence-electron chi connectivity index (χ2n) is 6.44. The van der Waals surface area contributed by atoms with Crippen LogP contribution in [-0.2, 0) is 22.5 Å². The normalized spacial score (nSPS) is 14.6. The number of nitrogens with one attached hydrogen (secondary N) is 1. The topological polar surface area (TPSA) is 65.4 Å². The lowest BCUT2D eigenvalue weighted by Gasteiger charge is -2.26. The van der Waals surface area contributed by atoms with Gasteiger partial charge in [-0.25, -0.2) is 0 Å². The number of nitriles is 1. The molecule has 1 aliphatic heterocycles. The highest BCUT2D eigenvalue weighted by Crippen LogP contribution is 2.13. The SMILES string of the molecule is N#Cc1ccc(CCC(=O)Nc2ccc(CN3CCOCC3)cc2)cc1. The Hall–Kier alpha value is -2.68. The number of aryl methyl sites for hydroxylation is 1. The molecular formula is C21H23N3O2. The maximum atomic E-state index is 12.1. The van der Waals surface area contributed by atoms with Crippen molar-refractivity contribution in [2.75, 3.05) is 31.6 Å². The largest absolute Gasteiger partial charge is 0.379 e. The Bertz CT molecular complexity index is 757. The molecule has 0 atom stereocenters. The lowest BCUT2D eigenvalue weighted by molar-refractivity contribution is -0.116. The Morgan fingerprint density at radius 2 is 1.69 bits per heavy atom. The molecule has 2 aromatic rings. The molecule has 0 bridgehead atoms. The fraction of sp³-hybridized carbons (Fsp3) is 0.333. The van der Waals surface area contributed by atoms with E-state index in [1.54, 1.807) is 12.1 Å². The summed E-state index contributed by atoms with van der Waals surface area (Å²) in [4.78, 5) is 14.5. The van der Waals surface area contributed by atoms with E-state index in [1.807, 2.05) is 24.3 Å². The standard InChI is InChI=1S/C21H23N3O2/c22-15-18-3-1-17(2-4-18)7-10-21(25)23-20-8-5-19(6-9-20)16-24-11-13-26-14-12-24/h1-6,8-9H,7,10-14,16H2,(H,23,25). The number of hydrogen-bond donors (Lipinski definition) is 1. The monoisotopic (exact) mass is 349 g/mol. The van der Waals surface area contributed by atoms with E-state index in [0.717, 1.165) is 44.1 Å². The zero-order valence-corrected chi connectivity index (χ0v) is 14.8. The predicted molar refractivity (Wildman–Crippen MR) is 101 cm³/mol. The van der Waals surface area contributed by atoms with Crippen molar-refractivity contribution in [1.82, 2.24) is 4.90 Å². The molecule has 1 aliphatic rings. The van der Waals surface area contributed by atoms with Gasteiger partial charge in [0.1, 0.15) is 0 Å². The van der Waals surface area contributed by atoms with Crippen LogP contribution in [0, 0.1) is 11.3 Å². The molecule has 3 rings (SSSR count). The minimum Gasteiger partial charge on any atom is -0.379 e. The van der Waals surface area contributed by atoms with Crippen LogP contribution in [0.15, 0.2) is 48.5 Å². The van der Waals surface area contributed by atoms with Crippen molar-refractivity contribution in [3.8, 4) is 6.07 Å². The van der Waals surface area contributed by atoms with Crippen molar-refractivity contribution in [3.63, 3.8) is 0 Å². The molecule has 0 spiro atoms. The Morgan fingerprint density at radius 3 is 2.35 bits per heavy atom. The van der Waals surface area contributed by atoms with Crippen molar-refractivity contribution in [2.45, 2.75) is 19.4 Å². The highest BCUT2D eigenvalue weighted by Gasteiger charge is 2.10. The molecule has 134 valence electrons. The summed E-state index contributed by atoms with van der Waals surface area (Å²) in [6.45, 7) is 4.44. The van der Waals surface area contributed by atoms with E-state index in [0.29, 0.717) is 18.4 Å². The second kappa shape index (κ2) is 9.14. The van der Waals surface area contributed by atoms with Gasteiger partial charge in [-0.3, -0.25) is 9.69 Å². The van der Waals surface area contributed by atoms with Gasteiger partial charge in [0.15, 0.2) is 0 Å². The lowest BCUT2D eigenvalue weighted by atomic mass is 10.1. The van der Waals surface area contributed by atoms with Gasteiger partial charge >= 0.3 is 0 Å². The summed E-state index contributed by atoms with van der Waals surface area (Å²) in [6.07, 6.45) is 1.08. The molecule has 0 unspecified atom stereocenters. The molecule has 0 aliphatic carbocycles. The third-order valence-electron chi connectivity index (χ3n) is 4.47. The number of nitrogens with zero attached hydrogens (tertiary/aromatic N) is 2. The number of anilines is 1. The average molecular weight is 349 g/mol. The van der Waals surface area contributed by atoms with Crippen molar-refractivity contribution >= 4 is 11.6 Å². The number of carbonyl (C=O) groups excluding carboxylic acids is 1. The third-order valence-corrected chi connectivity index (χ3v) is 4.47. The van der Waals surface area contributed by atoms with E-state index in [4.69, 9.17) is 10.00 Å². The second-order valence-corrected chi connectivity index (χ2v) is 6.44. The van der Waals surface area contributed by atoms with Crippen LogP contribution >= 0.6 is 0 Å². The molecule has 0 saturated carbocycles. The molecular weight excluding hydrogens is 326 g/mol. The van der Waals surface area contributed by atoms with Crippen LogP contribution in [0.2, 0.25) is 0 Å². The van der Waals surface area contributed by atoms with Crippen molar-refractivity contribution in [3.05, 3.63) is 65.2 Å². The summed E-state index contributed by atoms with van der Waals surface area (Å²) >= 11 is 0. The van der Waals surface area contributed by atoms with Gasteiger partial charge in [0, 0.05) is 31.7 Å². The van der Waals surface area contributed by atoms with Crippen molar-refractivity contribution in [2.24, 2.45) is 0 Å². The summed E-state index contributed by atoms with van der Waals surface area (Å²) in [5.41, 5.74) is 3.75. The molecule has 5 heteroatoms. The Morgan fingerprint density at radius 1 is 1.04 bits per heavy atom. The summed E-state index contributed by atoms with van der Waals surface area (Å²) in [7, 11) is 0. The Balaban J connectivity index is 1.45. The fourth-order valence-electron chi connectivity index (χ4n) is 2.94. The maximum absolute atomic E-state index is 12.1. The number of carbonyl (C=O) groups is 1. The molecule has 0 radical (unpaired) electrons. The van der Waals surface area contributed by atoms with Gasteiger partial charge in [0.05, 0.1) is 24.8 Å². The quantitative estimate of drug-likeness (QED) is 0.871. The number of benzene rings is 2. The molecule has 1 amide bonds. The molecule has 2 aromatic carbocycles. The average Bonchev–Trinajstić information content (AvgIpc) is 2.69. The van der Waals surface area contributed by atoms with Crippen LogP contribution in [0.1, 0.15) is 23.1 Å². The summed E-state index contributed by atoms with van der Waals surface area (Å²) in [6, 6.07) is 17.5. The Kier molecular flexibility index (Phi) is 6.37. The van der Waals surface area contributed by atoms with E-state index in [1.165, 1.54) is 5.56 Å². The van der Waals surface area contributed by atoms with Crippen LogP contribution in [0.25, 0.3) is 0 Å². The smallest absolute Gasteiger partial charge is 0.224 e. The number of amides is 1. The first-order chi connectivity index (χ1) is 12.7. The maximum Gasteiger partial charge on any atom is 0.224 e. The first-order valence-corrected chi connectivity index (χ1v) is 8.91. The van der Waals surface area contributed by atoms with Gasteiger partial charge < -0.3 is 10.1 Å². The number of ether oxygens (including phenoxy) is 1. The zero-order valence-electron chi connectivity index (χ0n) is 14.8. The minimum atomic E-state index is -0.00436. The van der Waals surface area contributed by atoms with E-state index >= 15 is 0 Å². The number of hydrogen-bond acceptors (Lipinski definition) is 4. The van der Waals surface area contributed by atoms with Crippen molar-refractivity contribution in [1.29, 1.82) is 5.26 Å². The van der Waals surface area contributed by atoms with Crippen LogP contribution in [0.3, 0.4) is 0 Å². The van der Waals surface area contributed by atoms with E-state index in [-0.39, 0.29) is 5.91 Å².